The van der Waals surface area contributed by atoms with E-state index in [0.717, 1.165) is 40.5 Å². The van der Waals surface area contributed by atoms with Crippen molar-refractivity contribution in [2.75, 3.05) is 13.1 Å². The molecule has 1 aliphatic heterocycles. The van der Waals surface area contributed by atoms with Gasteiger partial charge in [0.2, 0.25) is 0 Å². The average molecular weight is 287 g/mol. The Morgan fingerprint density at radius 2 is 2.00 bits per heavy atom. The number of carbonyl (C=O) groups excluding carboxylic acids is 1. The Morgan fingerprint density at radius 1 is 1.29 bits per heavy atom. The molecular formula is C17H21NO3. The molecule has 1 N–H and O–H groups in total. The van der Waals surface area contributed by atoms with Crippen LogP contribution in [0, 0.1) is 20.8 Å². The summed E-state index contributed by atoms with van der Waals surface area (Å²) in [6.45, 7) is 7.04. The van der Waals surface area contributed by atoms with E-state index in [9.17, 15) is 9.90 Å². The van der Waals surface area contributed by atoms with Crippen LogP contribution >= 0.6 is 0 Å². The van der Waals surface area contributed by atoms with Crippen molar-refractivity contribution in [1.82, 2.24) is 4.90 Å². The fraction of sp³-hybridized carbons (Fsp3) is 0.471. The monoisotopic (exact) mass is 287 g/mol. The Hall–Kier alpha value is -1.81. The highest BCUT2D eigenvalue weighted by Gasteiger charge is 2.28. The zero-order valence-corrected chi connectivity index (χ0v) is 12.8. The molecule has 1 aromatic carbocycles. The van der Waals surface area contributed by atoms with E-state index in [1.54, 1.807) is 4.90 Å². The first-order valence-corrected chi connectivity index (χ1v) is 7.45. The molecule has 1 fully saturated rings. The second kappa shape index (κ2) is 5.19. The number of carbonyl (C=O) groups is 1. The van der Waals surface area contributed by atoms with Gasteiger partial charge in [-0.05, 0) is 44.7 Å². The Kier molecular flexibility index (Phi) is 3.49. The van der Waals surface area contributed by atoms with Crippen LogP contribution in [0.1, 0.15) is 40.1 Å². The number of aliphatic hydroxyl groups excluding tert-OH is 1. The maximum Gasteiger partial charge on any atom is 0.289 e. The van der Waals surface area contributed by atoms with Gasteiger partial charge >= 0.3 is 0 Å². The number of aliphatic hydroxyl groups is 1. The predicted molar refractivity (Wildman–Crippen MR) is 81.6 cm³/mol. The molecule has 1 atom stereocenters. The van der Waals surface area contributed by atoms with Crippen LogP contribution in [0.4, 0.5) is 0 Å². The highest BCUT2D eigenvalue weighted by atomic mass is 16.3. The number of benzene rings is 1. The van der Waals surface area contributed by atoms with E-state index >= 15 is 0 Å². The van der Waals surface area contributed by atoms with Crippen molar-refractivity contribution < 1.29 is 14.3 Å². The number of β-amino-alcohol motifs (C(OH)–C–C–N with tert-alkyl or cyclic N) is 1. The van der Waals surface area contributed by atoms with Crippen molar-refractivity contribution in [3.8, 4) is 0 Å². The molecule has 4 nitrogen and oxygen atoms in total. The predicted octanol–water partition coefficient (Wildman–Crippen LogP) is 2.95. The number of likely N-dealkylation sites (tertiary alicyclic amines) is 1. The number of amides is 1. The minimum absolute atomic E-state index is 0.110. The van der Waals surface area contributed by atoms with Gasteiger partial charge in [0.05, 0.1) is 6.10 Å². The molecule has 2 heterocycles. The van der Waals surface area contributed by atoms with Crippen LogP contribution in [0.3, 0.4) is 0 Å². The van der Waals surface area contributed by atoms with Crippen molar-refractivity contribution in [3.63, 3.8) is 0 Å². The minimum atomic E-state index is -0.421. The SMILES string of the molecule is Cc1ccc(C)c2c(C)c(C(=O)N3CCCC(O)C3)oc12. The average Bonchev–Trinajstić information content (AvgIpc) is 2.81. The summed E-state index contributed by atoms with van der Waals surface area (Å²) in [7, 11) is 0. The second-order valence-corrected chi connectivity index (χ2v) is 6.01. The number of nitrogens with zero attached hydrogens (tertiary/aromatic N) is 1. The topological polar surface area (TPSA) is 53.7 Å². The number of rotatable bonds is 1. The molecule has 1 saturated heterocycles. The molecule has 112 valence electrons. The first kappa shape index (κ1) is 14.1. The van der Waals surface area contributed by atoms with Gasteiger partial charge in [-0.2, -0.15) is 0 Å². The van der Waals surface area contributed by atoms with Crippen LogP contribution in [0.2, 0.25) is 0 Å². The lowest BCUT2D eigenvalue weighted by molar-refractivity contribution is 0.0449. The number of furan rings is 1. The lowest BCUT2D eigenvalue weighted by Crippen LogP contribution is -2.42. The van der Waals surface area contributed by atoms with Crippen LogP contribution in [0.25, 0.3) is 11.0 Å². The van der Waals surface area contributed by atoms with Crippen LogP contribution < -0.4 is 0 Å². The molecular weight excluding hydrogens is 266 g/mol. The standard InChI is InChI=1S/C17H21NO3/c1-10-6-7-11(2)15-14(10)12(3)16(21-15)17(20)18-8-4-5-13(19)9-18/h6-7,13,19H,4-5,8-9H2,1-3H3. The summed E-state index contributed by atoms with van der Waals surface area (Å²) in [5.74, 6) is 0.303. The maximum atomic E-state index is 12.7. The van der Waals surface area contributed by atoms with Gasteiger partial charge < -0.3 is 14.4 Å². The smallest absolute Gasteiger partial charge is 0.289 e. The third-order valence-electron chi connectivity index (χ3n) is 4.36. The van der Waals surface area contributed by atoms with E-state index in [4.69, 9.17) is 4.42 Å². The fourth-order valence-corrected chi connectivity index (χ4v) is 3.16. The number of piperidine rings is 1. The van der Waals surface area contributed by atoms with Gasteiger partial charge in [-0.1, -0.05) is 12.1 Å². The minimum Gasteiger partial charge on any atom is -0.450 e. The zero-order chi connectivity index (χ0) is 15.1. The summed E-state index contributed by atoms with van der Waals surface area (Å²) < 4.78 is 5.89. The summed E-state index contributed by atoms with van der Waals surface area (Å²) in [5.41, 5.74) is 3.86. The molecule has 1 unspecified atom stereocenters. The molecule has 0 saturated carbocycles. The van der Waals surface area contributed by atoms with Gasteiger partial charge in [0.25, 0.3) is 5.91 Å². The van der Waals surface area contributed by atoms with Gasteiger partial charge in [-0.3, -0.25) is 4.79 Å². The summed E-state index contributed by atoms with van der Waals surface area (Å²) in [4.78, 5) is 14.4. The fourth-order valence-electron chi connectivity index (χ4n) is 3.16. The van der Waals surface area contributed by atoms with Crippen molar-refractivity contribution in [2.45, 2.75) is 39.7 Å². The van der Waals surface area contributed by atoms with E-state index in [-0.39, 0.29) is 5.91 Å². The summed E-state index contributed by atoms with van der Waals surface area (Å²) >= 11 is 0. The summed E-state index contributed by atoms with van der Waals surface area (Å²) in [6.07, 6.45) is 1.18. The number of fused-ring (bicyclic) bond motifs is 1. The molecule has 3 rings (SSSR count). The number of hydrogen-bond acceptors (Lipinski definition) is 3. The van der Waals surface area contributed by atoms with Crippen molar-refractivity contribution in [2.24, 2.45) is 0 Å². The van der Waals surface area contributed by atoms with E-state index in [1.807, 2.05) is 26.8 Å². The normalized spacial score (nSPS) is 19.2. The molecule has 1 aromatic heterocycles. The highest BCUT2D eigenvalue weighted by molar-refractivity contribution is 6.00. The van der Waals surface area contributed by atoms with Gasteiger partial charge in [-0.15, -0.1) is 0 Å². The first-order chi connectivity index (χ1) is 9.99. The van der Waals surface area contributed by atoms with Crippen LogP contribution in [-0.4, -0.2) is 35.1 Å². The van der Waals surface area contributed by atoms with Gasteiger partial charge in [0, 0.05) is 24.0 Å². The Balaban J connectivity index is 2.04. The lowest BCUT2D eigenvalue weighted by atomic mass is 10.0. The van der Waals surface area contributed by atoms with Gasteiger partial charge in [0.1, 0.15) is 5.58 Å². The Bertz CT molecular complexity index is 702. The second-order valence-electron chi connectivity index (χ2n) is 6.01. The molecule has 0 aliphatic carbocycles. The third kappa shape index (κ3) is 2.33. The van der Waals surface area contributed by atoms with Crippen LogP contribution in [-0.2, 0) is 0 Å². The molecule has 0 radical (unpaired) electrons. The zero-order valence-electron chi connectivity index (χ0n) is 12.8. The molecule has 0 bridgehead atoms. The van der Waals surface area contributed by atoms with E-state index < -0.39 is 6.10 Å². The Labute approximate surface area is 124 Å². The van der Waals surface area contributed by atoms with Gasteiger partial charge in [-0.25, -0.2) is 0 Å². The van der Waals surface area contributed by atoms with Gasteiger partial charge in [0.15, 0.2) is 5.76 Å². The quantitative estimate of drug-likeness (QED) is 0.877. The van der Waals surface area contributed by atoms with Crippen molar-refractivity contribution in [3.05, 3.63) is 34.6 Å². The number of aryl methyl sites for hydroxylation is 3. The molecule has 2 aromatic rings. The molecule has 1 aliphatic rings. The first-order valence-electron chi connectivity index (χ1n) is 7.45. The molecule has 0 spiro atoms. The van der Waals surface area contributed by atoms with Crippen LogP contribution in [0.5, 0.6) is 0 Å². The summed E-state index contributed by atoms with van der Waals surface area (Å²) in [5, 5.41) is 10.8. The molecule has 21 heavy (non-hydrogen) atoms. The van der Waals surface area contributed by atoms with Crippen LogP contribution in [0.15, 0.2) is 16.5 Å². The van der Waals surface area contributed by atoms with E-state index in [1.165, 1.54) is 0 Å². The summed E-state index contributed by atoms with van der Waals surface area (Å²) in [6, 6.07) is 4.07. The molecule has 1 amide bonds. The Morgan fingerprint density at radius 3 is 2.67 bits per heavy atom. The van der Waals surface area contributed by atoms with Crippen molar-refractivity contribution >= 4 is 16.9 Å². The number of hydrogen-bond donors (Lipinski definition) is 1. The third-order valence-corrected chi connectivity index (χ3v) is 4.36. The van der Waals surface area contributed by atoms with Crippen molar-refractivity contribution in [1.29, 1.82) is 0 Å². The highest BCUT2D eigenvalue weighted by Crippen LogP contribution is 2.31. The van der Waals surface area contributed by atoms with E-state index in [0.29, 0.717) is 18.8 Å². The van der Waals surface area contributed by atoms with E-state index in [2.05, 4.69) is 6.07 Å². The lowest BCUT2D eigenvalue weighted by Gasteiger charge is -2.29. The maximum absolute atomic E-state index is 12.7. The molecule has 4 heteroatoms. The largest absolute Gasteiger partial charge is 0.450 e.